The van der Waals surface area contributed by atoms with E-state index in [1.807, 2.05) is 30.3 Å². The summed E-state index contributed by atoms with van der Waals surface area (Å²) in [6, 6.07) is 9.64. The number of nitrogens with one attached hydrogen (secondary N) is 1. The molecule has 0 radical (unpaired) electrons. The van der Waals surface area contributed by atoms with Crippen LogP contribution in [0.5, 0.6) is 0 Å². The first-order valence-corrected chi connectivity index (χ1v) is 9.25. The number of ether oxygens (including phenoxy) is 2. The highest BCUT2D eigenvalue weighted by Gasteiger charge is 2.27. The molecule has 0 aliphatic rings. The fourth-order valence-corrected chi connectivity index (χ4v) is 3.11. The zero-order chi connectivity index (χ0) is 20.7. The number of esters is 2. The van der Waals surface area contributed by atoms with Crippen molar-refractivity contribution < 1.29 is 23.9 Å². The van der Waals surface area contributed by atoms with Gasteiger partial charge in [-0.05, 0) is 38.8 Å². The molecule has 7 nitrogen and oxygen atoms in total. The van der Waals surface area contributed by atoms with Gasteiger partial charge in [0, 0.05) is 12.2 Å². The van der Waals surface area contributed by atoms with Crippen molar-refractivity contribution >= 4 is 17.8 Å². The maximum atomic E-state index is 12.7. The molecule has 2 aromatic rings. The molecule has 0 saturated heterocycles. The van der Waals surface area contributed by atoms with Gasteiger partial charge in [-0.25, -0.2) is 4.79 Å². The molecule has 1 N–H and O–H groups in total. The molecule has 7 heteroatoms. The molecule has 0 fully saturated rings. The van der Waals surface area contributed by atoms with E-state index in [2.05, 4.69) is 5.32 Å². The van der Waals surface area contributed by atoms with E-state index in [0.717, 1.165) is 5.56 Å². The lowest BCUT2D eigenvalue weighted by Gasteiger charge is -2.12. The molecule has 0 bridgehead atoms. The second-order valence-electron chi connectivity index (χ2n) is 6.21. The van der Waals surface area contributed by atoms with E-state index in [-0.39, 0.29) is 19.8 Å². The highest BCUT2D eigenvalue weighted by molar-refractivity contribution is 6.02. The highest BCUT2D eigenvalue weighted by Crippen LogP contribution is 2.24. The highest BCUT2D eigenvalue weighted by atomic mass is 16.5. The van der Waals surface area contributed by atoms with Gasteiger partial charge >= 0.3 is 11.9 Å². The van der Waals surface area contributed by atoms with Crippen molar-refractivity contribution in [1.29, 1.82) is 0 Å². The van der Waals surface area contributed by atoms with Gasteiger partial charge in [-0.1, -0.05) is 30.3 Å². The van der Waals surface area contributed by atoms with E-state index in [4.69, 9.17) is 9.47 Å². The van der Waals surface area contributed by atoms with Gasteiger partial charge in [0.15, 0.2) is 0 Å². The summed E-state index contributed by atoms with van der Waals surface area (Å²) in [6.45, 7) is 7.58. The van der Waals surface area contributed by atoms with Gasteiger partial charge in [0.05, 0.1) is 18.8 Å². The molecule has 1 aromatic heterocycles. The van der Waals surface area contributed by atoms with Crippen LogP contribution in [-0.2, 0) is 20.8 Å². The van der Waals surface area contributed by atoms with E-state index < -0.39 is 17.8 Å². The minimum Gasteiger partial charge on any atom is -0.465 e. The standard InChI is InChI=1S/C21H26N2O5/c1-5-27-17(24)12-22-20(25)18-14(3)19(21(26)28-6-2)23(15(18)4)13-16-10-8-7-9-11-16/h7-11H,5-6,12-13H2,1-4H3,(H,22,25). The topological polar surface area (TPSA) is 86.6 Å². The number of aromatic nitrogens is 1. The van der Waals surface area contributed by atoms with Crippen LogP contribution in [0.1, 0.15) is 51.5 Å². The first kappa shape index (κ1) is 21.2. The van der Waals surface area contributed by atoms with Crippen LogP contribution in [0.3, 0.4) is 0 Å². The zero-order valence-corrected chi connectivity index (χ0v) is 16.7. The Bertz CT molecular complexity index is 855. The number of carbonyl (C=O) groups excluding carboxylic acids is 3. The smallest absolute Gasteiger partial charge is 0.355 e. The van der Waals surface area contributed by atoms with Crippen molar-refractivity contribution in [3.63, 3.8) is 0 Å². The Morgan fingerprint density at radius 2 is 1.64 bits per heavy atom. The quantitative estimate of drug-likeness (QED) is 0.705. The molecule has 0 saturated carbocycles. The molecule has 0 aliphatic heterocycles. The lowest BCUT2D eigenvalue weighted by molar-refractivity contribution is -0.141. The largest absolute Gasteiger partial charge is 0.465 e. The summed E-state index contributed by atoms with van der Waals surface area (Å²) in [5, 5.41) is 2.56. The number of hydrogen-bond acceptors (Lipinski definition) is 5. The minimum absolute atomic E-state index is 0.232. The first-order chi connectivity index (χ1) is 13.4. The SMILES string of the molecule is CCOC(=O)CNC(=O)c1c(C)c(C(=O)OCC)n(Cc2ccccc2)c1C. The van der Waals surface area contributed by atoms with Crippen LogP contribution in [-0.4, -0.2) is 42.2 Å². The molecule has 0 aliphatic carbocycles. The summed E-state index contributed by atoms with van der Waals surface area (Å²) in [4.78, 5) is 36.8. The zero-order valence-electron chi connectivity index (χ0n) is 16.7. The Morgan fingerprint density at radius 3 is 2.25 bits per heavy atom. The Balaban J connectivity index is 2.40. The second kappa shape index (κ2) is 9.73. The van der Waals surface area contributed by atoms with Crippen molar-refractivity contribution in [2.24, 2.45) is 0 Å². The Hall–Kier alpha value is -3.09. The summed E-state index contributed by atoms with van der Waals surface area (Å²) >= 11 is 0. The van der Waals surface area contributed by atoms with Crippen LogP contribution in [0.4, 0.5) is 0 Å². The maximum Gasteiger partial charge on any atom is 0.355 e. The number of rotatable bonds is 8. The van der Waals surface area contributed by atoms with Gasteiger partial charge in [-0.2, -0.15) is 0 Å². The van der Waals surface area contributed by atoms with Gasteiger partial charge in [-0.3, -0.25) is 9.59 Å². The van der Waals surface area contributed by atoms with E-state index >= 15 is 0 Å². The van der Waals surface area contributed by atoms with E-state index in [9.17, 15) is 14.4 Å². The molecular weight excluding hydrogens is 360 g/mol. The van der Waals surface area contributed by atoms with Crippen molar-refractivity contribution in [3.05, 3.63) is 58.4 Å². The number of nitrogens with zero attached hydrogens (tertiary/aromatic N) is 1. The number of amides is 1. The van der Waals surface area contributed by atoms with Crippen LogP contribution in [0.25, 0.3) is 0 Å². The van der Waals surface area contributed by atoms with Crippen LogP contribution in [0, 0.1) is 13.8 Å². The monoisotopic (exact) mass is 386 g/mol. The molecule has 0 unspecified atom stereocenters. The summed E-state index contributed by atoms with van der Waals surface area (Å²) in [6.07, 6.45) is 0. The molecule has 0 atom stereocenters. The fourth-order valence-electron chi connectivity index (χ4n) is 3.11. The predicted molar refractivity (Wildman–Crippen MR) is 104 cm³/mol. The molecule has 1 amide bonds. The third-order valence-electron chi connectivity index (χ3n) is 4.34. The number of carbonyl (C=O) groups is 3. The van der Waals surface area contributed by atoms with Crippen LogP contribution >= 0.6 is 0 Å². The number of benzene rings is 1. The average Bonchev–Trinajstić information content (AvgIpc) is 2.91. The Morgan fingerprint density at radius 1 is 1.00 bits per heavy atom. The Kier molecular flexibility index (Phi) is 7.37. The summed E-state index contributed by atoms with van der Waals surface area (Å²) in [5.74, 6) is -1.43. The van der Waals surface area contributed by atoms with Crippen molar-refractivity contribution in [2.75, 3.05) is 19.8 Å². The van der Waals surface area contributed by atoms with Crippen molar-refractivity contribution in [3.8, 4) is 0 Å². The third-order valence-corrected chi connectivity index (χ3v) is 4.34. The molecule has 2 rings (SSSR count). The summed E-state index contributed by atoms with van der Waals surface area (Å²) in [7, 11) is 0. The normalized spacial score (nSPS) is 10.4. The molecule has 150 valence electrons. The summed E-state index contributed by atoms with van der Waals surface area (Å²) in [5.41, 5.74) is 2.84. The van der Waals surface area contributed by atoms with E-state index in [1.54, 1.807) is 32.3 Å². The van der Waals surface area contributed by atoms with Crippen molar-refractivity contribution in [1.82, 2.24) is 9.88 Å². The predicted octanol–water partition coefficient (Wildman–Crippen LogP) is 2.62. The van der Waals surface area contributed by atoms with Gasteiger partial charge in [-0.15, -0.1) is 0 Å². The van der Waals surface area contributed by atoms with E-state index in [1.165, 1.54) is 0 Å². The van der Waals surface area contributed by atoms with Gasteiger partial charge in [0.25, 0.3) is 5.91 Å². The second-order valence-corrected chi connectivity index (χ2v) is 6.21. The molecule has 28 heavy (non-hydrogen) atoms. The van der Waals surface area contributed by atoms with Crippen LogP contribution in [0.15, 0.2) is 30.3 Å². The fraction of sp³-hybridized carbons (Fsp3) is 0.381. The van der Waals surface area contributed by atoms with Gasteiger partial charge in [0.2, 0.25) is 0 Å². The summed E-state index contributed by atoms with van der Waals surface area (Å²) < 4.78 is 11.8. The lowest BCUT2D eigenvalue weighted by Crippen LogP contribution is -2.31. The molecule has 1 heterocycles. The van der Waals surface area contributed by atoms with Gasteiger partial charge < -0.3 is 19.4 Å². The molecule has 0 spiro atoms. The molecule has 1 aromatic carbocycles. The van der Waals surface area contributed by atoms with Crippen molar-refractivity contribution in [2.45, 2.75) is 34.2 Å². The average molecular weight is 386 g/mol. The van der Waals surface area contributed by atoms with Crippen LogP contribution in [0.2, 0.25) is 0 Å². The maximum absolute atomic E-state index is 12.7. The van der Waals surface area contributed by atoms with E-state index in [0.29, 0.717) is 29.1 Å². The third kappa shape index (κ3) is 4.79. The molecular formula is C21H26N2O5. The first-order valence-electron chi connectivity index (χ1n) is 9.25. The Labute approximate surface area is 164 Å². The minimum atomic E-state index is -0.513. The van der Waals surface area contributed by atoms with Gasteiger partial charge in [0.1, 0.15) is 12.2 Å². The number of hydrogen-bond donors (Lipinski definition) is 1. The lowest BCUT2D eigenvalue weighted by atomic mass is 10.1. The van der Waals surface area contributed by atoms with Crippen LogP contribution < -0.4 is 5.32 Å².